The number of carbonyl (C=O) groups is 4. The van der Waals surface area contributed by atoms with Crippen molar-refractivity contribution in [1.82, 2.24) is 25.9 Å². The van der Waals surface area contributed by atoms with Crippen molar-refractivity contribution < 1.29 is 29.4 Å². The van der Waals surface area contributed by atoms with Crippen molar-refractivity contribution in [2.75, 3.05) is 12.3 Å². The van der Waals surface area contributed by atoms with Crippen LogP contribution in [0.2, 0.25) is 0 Å². The number of nitrogens with one attached hydrogen (secondary N) is 4. The summed E-state index contributed by atoms with van der Waals surface area (Å²) >= 11 is 4.10. The molecule has 1 heterocycles. The van der Waals surface area contributed by atoms with Gasteiger partial charge in [-0.05, 0) is 17.7 Å². The van der Waals surface area contributed by atoms with E-state index in [1.807, 2.05) is 0 Å². The van der Waals surface area contributed by atoms with E-state index < -0.39 is 48.4 Å². The van der Waals surface area contributed by atoms with E-state index in [2.05, 4.69) is 38.5 Å². The van der Waals surface area contributed by atoms with E-state index >= 15 is 0 Å². The Labute approximate surface area is 194 Å². The lowest BCUT2D eigenvalue weighted by Crippen LogP contribution is -2.57. The van der Waals surface area contributed by atoms with Gasteiger partial charge in [-0.25, -0.2) is 4.98 Å². The Bertz CT molecular complexity index is 952. The molecule has 2 rings (SSSR count). The van der Waals surface area contributed by atoms with Crippen LogP contribution in [0.25, 0.3) is 0 Å². The quantitative estimate of drug-likeness (QED) is 0.165. The number of hydrogen-bond acceptors (Lipinski definition) is 8. The minimum atomic E-state index is -1.25. The molecule has 0 fully saturated rings. The monoisotopic (exact) mass is 478 g/mol. The molecule has 0 radical (unpaired) electrons. The molecule has 1 aromatic heterocycles. The fourth-order valence-corrected chi connectivity index (χ4v) is 3.09. The van der Waals surface area contributed by atoms with Gasteiger partial charge in [0, 0.05) is 30.5 Å². The fourth-order valence-electron chi connectivity index (χ4n) is 2.83. The predicted molar refractivity (Wildman–Crippen MR) is 120 cm³/mol. The number of phenols is 1. The third kappa shape index (κ3) is 8.46. The zero-order valence-corrected chi connectivity index (χ0v) is 18.4. The Morgan fingerprint density at radius 3 is 2.27 bits per heavy atom. The first-order valence-electron chi connectivity index (χ1n) is 9.91. The first kappa shape index (κ1) is 25.7. The number of carboxylic acid groups (broad SMARTS) is 1. The van der Waals surface area contributed by atoms with Crippen molar-refractivity contribution in [2.45, 2.75) is 31.0 Å². The van der Waals surface area contributed by atoms with Crippen LogP contribution in [-0.2, 0) is 32.0 Å². The molecule has 0 saturated carbocycles. The smallest absolute Gasteiger partial charge is 0.322 e. The van der Waals surface area contributed by atoms with Gasteiger partial charge in [0.2, 0.25) is 17.7 Å². The standard InChI is InChI=1S/C20H26N6O6S/c21-14(6-12-7-22-10-24-12)18(30)26-16(9-33)20(32)25-15(19(31)23-8-17(28)29)5-11-1-3-13(27)4-2-11/h1-4,7,10,14-16,27,33H,5-6,8-9,21H2,(H,22,24)(H,23,31)(H,25,32)(H,26,30)(H,28,29). The van der Waals surface area contributed by atoms with E-state index in [-0.39, 0.29) is 24.3 Å². The summed E-state index contributed by atoms with van der Waals surface area (Å²) in [5.41, 5.74) is 7.14. The van der Waals surface area contributed by atoms with Crippen LogP contribution in [0.5, 0.6) is 5.75 Å². The summed E-state index contributed by atoms with van der Waals surface area (Å²) in [6.45, 7) is -0.629. The van der Waals surface area contributed by atoms with Crippen molar-refractivity contribution in [1.29, 1.82) is 0 Å². The molecule has 0 spiro atoms. The van der Waals surface area contributed by atoms with E-state index in [4.69, 9.17) is 10.8 Å². The summed E-state index contributed by atoms with van der Waals surface area (Å²) in [6, 6.07) is 2.77. The molecule has 3 unspecified atom stereocenters. The van der Waals surface area contributed by atoms with Gasteiger partial charge in [0.05, 0.1) is 12.4 Å². The van der Waals surface area contributed by atoms with Crippen LogP contribution in [0.4, 0.5) is 0 Å². The lowest BCUT2D eigenvalue weighted by atomic mass is 10.0. The molecule has 2 aromatic rings. The lowest BCUT2D eigenvalue weighted by molar-refractivity contribution is -0.138. The molecule has 0 bridgehead atoms. The Balaban J connectivity index is 2.05. The van der Waals surface area contributed by atoms with Gasteiger partial charge in [-0.3, -0.25) is 19.2 Å². The normalized spacial score (nSPS) is 13.4. The molecule has 8 N–H and O–H groups in total. The maximum Gasteiger partial charge on any atom is 0.322 e. The van der Waals surface area contributed by atoms with E-state index in [1.165, 1.54) is 24.7 Å². The van der Waals surface area contributed by atoms with E-state index in [9.17, 15) is 24.3 Å². The van der Waals surface area contributed by atoms with Gasteiger partial charge in [0.25, 0.3) is 0 Å². The molecule has 0 aliphatic carbocycles. The highest BCUT2D eigenvalue weighted by Crippen LogP contribution is 2.12. The fraction of sp³-hybridized carbons (Fsp3) is 0.350. The van der Waals surface area contributed by atoms with Gasteiger partial charge < -0.3 is 36.9 Å². The van der Waals surface area contributed by atoms with Crippen LogP contribution >= 0.6 is 12.6 Å². The van der Waals surface area contributed by atoms with Crippen molar-refractivity contribution in [2.24, 2.45) is 5.73 Å². The SMILES string of the molecule is NC(Cc1cnc[nH]1)C(=O)NC(CS)C(=O)NC(Cc1ccc(O)cc1)C(=O)NCC(=O)O. The van der Waals surface area contributed by atoms with E-state index in [0.717, 1.165) is 0 Å². The summed E-state index contributed by atoms with van der Waals surface area (Å²) in [7, 11) is 0. The number of amides is 3. The summed E-state index contributed by atoms with van der Waals surface area (Å²) in [6.07, 6.45) is 3.17. The number of rotatable bonds is 12. The highest BCUT2D eigenvalue weighted by atomic mass is 32.1. The zero-order chi connectivity index (χ0) is 24.4. The molecule has 1 aromatic carbocycles. The number of benzene rings is 1. The Kier molecular flexibility index (Phi) is 9.69. The number of nitrogens with two attached hydrogens (primary N) is 1. The Morgan fingerprint density at radius 1 is 1.03 bits per heavy atom. The second-order valence-corrected chi connectivity index (χ2v) is 7.54. The highest BCUT2D eigenvalue weighted by Gasteiger charge is 2.28. The molecule has 178 valence electrons. The number of carboxylic acids is 1. The molecule has 0 saturated heterocycles. The minimum absolute atomic E-state index is 0.0179. The molecule has 0 aliphatic rings. The predicted octanol–water partition coefficient (Wildman–Crippen LogP) is -1.67. The maximum absolute atomic E-state index is 12.8. The molecular weight excluding hydrogens is 452 g/mol. The van der Waals surface area contributed by atoms with Crippen LogP contribution in [-0.4, -0.2) is 74.3 Å². The van der Waals surface area contributed by atoms with Crippen LogP contribution < -0.4 is 21.7 Å². The van der Waals surface area contributed by atoms with Gasteiger partial charge >= 0.3 is 5.97 Å². The zero-order valence-electron chi connectivity index (χ0n) is 17.5. The molecule has 3 amide bonds. The number of imidazole rings is 1. The van der Waals surface area contributed by atoms with Crippen LogP contribution in [0.3, 0.4) is 0 Å². The number of aromatic hydroxyl groups is 1. The second-order valence-electron chi connectivity index (χ2n) is 7.17. The summed E-state index contributed by atoms with van der Waals surface area (Å²) in [4.78, 5) is 55.2. The van der Waals surface area contributed by atoms with Gasteiger partial charge in [-0.15, -0.1) is 0 Å². The highest BCUT2D eigenvalue weighted by molar-refractivity contribution is 7.80. The minimum Gasteiger partial charge on any atom is -0.508 e. The van der Waals surface area contributed by atoms with Gasteiger partial charge in [0.1, 0.15) is 24.4 Å². The summed E-state index contributed by atoms with van der Waals surface area (Å²) in [5, 5.41) is 25.5. The van der Waals surface area contributed by atoms with Crippen molar-refractivity contribution >= 4 is 36.3 Å². The van der Waals surface area contributed by atoms with Crippen molar-refractivity contribution in [3.05, 3.63) is 48.0 Å². The largest absolute Gasteiger partial charge is 0.508 e. The first-order valence-corrected chi connectivity index (χ1v) is 10.5. The average molecular weight is 479 g/mol. The van der Waals surface area contributed by atoms with E-state index in [0.29, 0.717) is 11.3 Å². The number of aliphatic carboxylic acids is 1. The number of thiol groups is 1. The van der Waals surface area contributed by atoms with Gasteiger partial charge in [0.15, 0.2) is 0 Å². The lowest BCUT2D eigenvalue weighted by Gasteiger charge is -2.23. The molecule has 3 atom stereocenters. The topological polar surface area (TPSA) is 200 Å². The molecule has 13 heteroatoms. The van der Waals surface area contributed by atoms with Gasteiger partial charge in [-0.2, -0.15) is 12.6 Å². The van der Waals surface area contributed by atoms with E-state index in [1.54, 1.807) is 12.1 Å². The third-order valence-corrected chi connectivity index (χ3v) is 4.94. The molecule has 12 nitrogen and oxygen atoms in total. The summed E-state index contributed by atoms with van der Waals surface area (Å²) in [5.74, 6) is -3.30. The number of nitrogens with zero attached hydrogens (tertiary/aromatic N) is 1. The number of carbonyl (C=O) groups excluding carboxylic acids is 3. The number of hydrogen-bond donors (Lipinski definition) is 8. The van der Waals surface area contributed by atoms with Crippen LogP contribution in [0.1, 0.15) is 11.3 Å². The van der Waals surface area contributed by atoms with Crippen LogP contribution in [0.15, 0.2) is 36.8 Å². The Hall–Kier alpha value is -3.58. The number of phenolic OH excluding ortho intramolecular Hbond substituents is 1. The molecule has 0 aliphatic heterocycles. The van der Waals surface area contributed by atoms with Crippen molar-refractivity contribution in [3.8, 4) is 5.75 Å². The number of H-pyrrole nitrogens is 1. The first-order chi connectivity index (χ1) is 15.7. The number of aromatic nitrogens is 2. The number of aromatic amines is 1. The Morgan fingerprint density at radius 2 is 1.70 bits per heavy atom. The van der Waals surface area contributed by atoms with Gasteiger partial charge in [-0.1, -0.05) is 12.1 Å². The second kappa shape index (κ2) is 12.5. The molecule has 33 heavy (non-hydrogen) atoms. The average Bonchev–Trinajstić information content (AvgIpc) is 3.29. The maximum atomic E-state index is 12.8. The van der Waals surface area contributed by atoms with Crippen LogP contribution in [0, 0.1) is 0 Å². The third-order valence-electron chi connectivity index (χ3n) is 4.57. The molecular formula is C20H26N6O6S. The van der Waals surface area contributed by atoms with Crippen molar-refractivity contribution in [3.63, 3.8) is 0 Å². The summed E-state index contributed by atoms with van der Waals surface area (Å²) < 4.78 is 0.